The Morgan fingerprint density at radius 3 is 2.65 bits per heavy atom. The number of aliphatic carboxylic acids is 1. The Labute approximate surface area is 130 Å². The van der Waals surface area contributed by atoms with Gasteiger partial charge in [-0.15, -0.1) is 0 Å². The highest BCUT2D eigenvalue weighted by Crippen LogP contribution is 2.28. The Morgan fingerprint density at radius 1 is 1.48 bits per heavy atom. The summed E-state index contributed by atoms with van der Waals surface area (Å²) in [6.45, 7) is 0.943. The van der Waals surface area contributed by atoms with E-state index >= 15 is 0 Å². The van der Waals surface area contributed by atoms with Gasteiger partial charge < -0.3 is 30.9 Å². The standard InChI is InChI=1S/C13H19N3O7/c1-5(12(20)21)2-6-3-16(13(22)15-10(6)14)11-9(19)8(18)7(4-17)23-11/h3,5,7-9,11,17-19H,2,4H2,1H3,(H,20,21)(H2,14,15,22)/t5?,7-,8-,9-,11-/m1/s1. The van der Waals surface area contributed by atoms with E-state index in [0.29, 0.717) is 5.56 Å². The zero-order chi connectivity index (χ0) is 17.3. The van der Waals surface area contributed by atoms with Gasteiger partial charge in [0.05, 0.1) is 12.5 Å². The van der Waals surface area contributed by atoms with Crippen LogP contribution in [0.5, 0.6) is 0 Å². The SMILES string of the molecule is CC(Cc1cn([C@@H]2O[C@H](CO)[C@@H](O)[C@H]2O)c(=O)nc1N)C(=O)O. The van der Waals surface area contributed by atoms with Gasteiger partial charge in [0.2, 0.25) is 0 Å². The summed E-state index contributed by atoms with van der Waals surface area (Å²) in [5.74, 6) is -1.89. The van der Waals surface area contributed by atoms with Gasteiger partial charge >= 0.3 is 11.7 Å². The summed E-state index contributed by atoms with van der Waals surface area (Å²) in [5.41, 5.74) is 5.13. The number of aliphatic hydroxyl groups is 3. The normalized spacial score (nSPS) is 28.7. The van der Waals surface area contributed by atoms with Crippen molar-refractivity contribution < 1.29 is 30.0 Å². The lowest BCUT2D eigenvalue weighted by molar-refractivity contribution is -0.141. The van der Waals surface area contributed by atoms with Crippen LogP contribution < -0.4 is 11.4 Å². The van der Waals surface area contributed by atoms with Crippen molar-refractivity contribution in [3.8, 4) is 0 Å². The second-order valence-electron chi connectivity index (χ2n) is 5.51. The fourth-order valence-electron chi connectivity index (χ4n) is 2.39. The van der Waals surface area contributed by atoms with E-state index in [-0.39, 0.29) is 12.2 Å². The summed E-state index contributed by atoms with van der Waals surface area (Å²) in [5, 5.41) is 37.8. The lowest BCUT2D eigenvalue weighted by atomic mass is 10.0. The minimum Gasteiger partial charge on any atom is -0.481 e. The first kappa shape index (κ1) is 17.3. The Morgan fingerprint density at radius 2 is 2.13 bits per heavy atom. The molecule has 0 amide bonds. The number of carboxylic acids is 1. The van der Waals surface area contributed by atoms with Gasteiger partial charge in [-0.25, -0.2) is 4.79 Å². The van der Waals surface area contributed by atoms with E-state index < -0.39 is 48.7 Å². The maximum Gasteiger partial charge on any atom is 0.351 e. The second kappa shape index (κ2) is 6.62. The van der Waals surface area contributed by atoms with E-state index in [2.05, 4.69) is 4.98 Å². The third kappa shape index (κ3) is 3.34. The lowest BCUT2D eigenvalue weighted by Crippen LogP contribution is -2.36. The number of nitrogens with zero attached hydrogens (tertiary/aromatic N) is 2. The van der Waals surface area contributed by atoms with Crippen LogP contribution in [0.4, 0.5) is 5.82 Å². The molecular formula is C13H19N3O7. The number of aromatic nitrogens is 2. The molecule has 10 nitrogen and oxygen atoms in total. The number of rotatable bonds is 5. The van der Waals surface area contributed by atoms with Gasteiger partial charge in [0.1, 0.15) is 24.1 Å². The molecule has 1 aromatic rings. The molecule has 1 aromatic heterocycles. The third-order valence-electron chi connectivity index (χ3n) is 3.80. The summed E-state index contributed by atoms with van der Waals surface area (Å²) in [6.07, 6.45) is -3.81. The van der Waals surface area contributed by atoms with Gasteiger partial charge in [0, 0.05) is 11.8 Å². The number of carboxylic acid groups (broad SMARTS) is 1. The van der Waals surface area contributed by atoms with E-state index in [1.807, 2.05) is 0 Å². The molecule has 2 rings (SSSR count). The highest BCUT2D eigenvalue weighted by Gasteiger charge is 2.43. The smallest absolute Gasteiger partial charge is 0.351 e. The van der Waals surface area contributed by atoms with Crippen LogP contribution >= 0.6 is 0 Å². The van der Waals surface area contributed by atoms with Crippen LogP contribution in [0.2, 0.25) is 0 Å². The number of hydrogen-bond donors (Lipinski definition) is 5. The zero-order valence-corrected chi connectivity index (χ0v) is 12.4. The molecule has 2 heterocycles. The largest absolute Gasteiger partial charge is 0.481 e. The molecule has 0 aliphatic carbocycles. The predicted octanol–water partition coefficient (Wildman–Crippen LogP) is -2.30. The number of ether oxygens (including phenoxy) is 1. The molecule has 0 spiro atoms. The maximum atomic E-state index is 12.0. The van der Waals surface area contributed by atoms with Crippen molar-refractivity contribution >= 4 is 11.8 Å². The van der Waals surface area contributed by atoms with Crippen molar-refractivity contribution in [2.75, 3.05) is 12.3 Å². The van der Waals surface area contributed by atoms with Gasteiger partial charge in [-0.05, 0) is 6.42 Å². The minimum absolute atomic E-state index is 0.0310. The molecule has 128 valence electrons. The first-order valence-electron chi connectivity index (χ1n) is 6.99. The topological polar surface area (TPSA) is 168 Å². The van der Waals surface area contributed by atoms with Crippen LogP contribution in [-0.4, -0.2) is 60.9 Å². The van der Waals surface area contributed by atoms with Crippen LogP contribution in [-0.2, 0) is 16.0 Å². The molecule has 1 fully saturated rings. The summed E-state index contributed by atoms with van der Waals surface area (Å²) >= 11 is 0. The van der Waals surface area contributed by atoms with Gasteiger partial charge in [0.25, 0.3) is 0 Å². The van der Waals surface area contributed by atoms with E-state index in [9.17, 15) is 19.8 Å². The number of carbonyl (C=O) groups is 1. The van der Waals surface area contributed by atoms with Crippen LogP contribution in [0.3, 0.4) is 0 Å². The second-order valence-corrected chi connectivity index (χ2v) is 5.51. The summed E-state index contributed by atoms with van der Waals surface area (Å²) in [7, 11) is 0. The molecule has 0 aromatic carbocycles. The van der Waals surface area contributed by atoms with Gasteiger partial charge in [-0.1, -0.05) is 6.92 Å². The fraction of sp³-hybridized carbons (Fsp3) is 0.615. The highest BCUT2D eigenvalue weighted by atomic mass is 16.6. The summed E-state index contributed by atoms with van der Waals surface area (Å²) in [6, 6.07) is 0. The molecule has 5 atom stereocenters. The monoisotopic (exact) mass is 329 g/mol. The van der Waals surface area contributed by atoms with Crippen LogP contribution in [0, 0.1) is 5.92 Å². The van der Waals surface area contributed by atoms with Crippen molar-refractivity contribution in [3.05, 3.63) is 22.2 Å². The molecule has 1 aliphatic rings. The van der Waals surface area contributed by atoms with Crippen LogP contribution in [0.25, 0.3) is 0 Å². The number of nitrogens with two attached hydrogens (primary N) is 1. The Balaban J connectivity index is 2.36. The van der Waals surface area contributed by atoms with Crippen molar-refractivity contribution in [3.63, 3.8) is 0 Å². The van der Waals surface area contributed by atoms with Crippen molar-refractivity contribution in [2.45, 2.75) is 37.9 Å². The van der Waals surface area contributed by atoms with E-state index in [0.717, 1.165) is 4.57 Å². The molecular weight excluding hydrogens is 310 g/mol. The molecule has 1 unspecified atom stereocenters. The van der Waals surface area contributed by atoms with E-state index in [4.69, 9.17) is 20.7 Å². The third-order valence-corrected chi connectivity index (χ3v) is 3.80. The van der Waals surface area contributed by atoms with E-state index in [1.54, 1.807) is 0 Å². The fourth-order valence-corrected chi connectivity index (χ4v) is 2.39. The molecule has 0 saturated carbocycles. The Bertz CT molecular complexity index is 647. The molecule has 1 aliphatic heterocycles. The Hall–Kier alpha value is -2.01. The predicted molar refractivity (Wildman–Crippen MR) is 76.4 cm³/mol. The average Bonchev–Trinajstić information content (AvgIpc) is 2.77. The van der Waals surface area contributed by atoms with Gasteiger partial charge in [0.15, 0.2) is 6.23 Å². The van der Waals surface area contributed by atoms with E-state index in [1.165, 1.54) is 13.1 Å². The molecule has 0 radical (unpaired) electrons. The number of hydrogen-bond acceptors (Lipinski definition) is 8. The Kier molecular flexibility index (Phi) is 5.00. The van der Waals surface area contributed by atoms with Crippen LogP contribution in [0.15, 0.2) is 11.0 Å². The van der Waals surface area contributed by atoms with Gasteiger partial charge in [-0.3, -0.25) is 9.36 Å². The molecule has 6 N–H and O–H groups in total. The summed E-state index contributed by atoms with van der Waals surface area (Å²) < 4.78 is 6.20. The number of nitrogen functional groups attached to an aromatic ring is 1. The molecule has 0 bridgehead atoms. The number of anilines is 1. The van der Waals surface area contributed by atoms with Crippen molar-refractivity contribution in [1.82, 2.24) is 9.55 Å². The zero-order valence-electron chi connectivity index (χ0n) is 12.4. The first-order valence-corrected chi connectivity index (χ1v) is 6.99. The molecule has 10 heteroatoms. The van der Waals surface area contributed by atoms with Crippen molar-refractivity contribution in [1.29, 1.82) is 0 Å². The highest BCUT2D eigenvalue weighted by molar-refractivity contribution is 5.70. The van der Waals surface area contributed by atoms with Crippen LogP contribution in [0.1, 0.15) is 18.7 Å². The first-order chi connectivity index (χ1) is 10.8. The summed E-state index contributed by atoms with van der Waals surface area (Å²) in [4.78, 5) is 26.5. The number of aliphatic hydroxyl groups excluding tert-OH is 3. The molecule has 1 saturated heterocycles. The molecule has 23 heavy (non-hydrogen) atoms. The quantitative estimate of drug-likeness (QED) is 0.399. The lowest BCUT2D eigenvalue weighted by Gasteiger charge is -2.19. The maximum absolute atomic E-state index is 12.0. The van der Waals surface area contributed by atoms with Crippen molar-refractivity contribution in [2.24, 2.45) is 5.92 Å². The minimum atomic E-state index is -1.44. The van der Waals surface area contributed by atoms with Gasteiger partial charge in [-0.2, -0.15) is 4.98 Å². The average molecular weight is 329 g/mol.